The van der Waals surface area contributed by atoms with Crippen molar-refractivity contribution < 1.29 is 117 Å². The van der Waals surface area contributed by atoms with E-state index in [4.69, 9.17) is 0 Å². The van der Waals surface area contributed by atoms with Crippen LogP contribution in [0.15, 0.2) is 0 Å². The van der Waals surface area contributed by atoms with Gasteiger partial charge in [0, 0.05) is 6.61 Å². The molecular weight excluding hydrogens is 353 g/mol. The third kappa shape index (κ3) is 30.0. The van der Waals surface area contributed by atoms with E-state index in [0.29, 0.717) is 6.61 Å². The molecular formula is C18H37BK2O3. The summed E-state index contributed by atoms with van der Waals surface area (Å²) in [7, 11) is -2.10. The van der Waals surface area contributed by atoms with Gasteiger partial charge in [-0.05, 0) is 6.42 Å². The van der Waals surface area contributed by atoms with Crippen molar-refractivity contribution in [3.63, 3.8) is 0 Å². The quantitative estimate of drug-likeness (QED) is 0.201. The molecule has 0 heterocycles. The van der Waals surface area contributed by atoms with E-state index in [0.717, 1.165) is 12.8 Å². The van der Waals surface area contributed by atoms with Gasteiger partial charge < -0.3 is 14.7 Å². The first-order valence-electron chi connectivity index (χ1n) is 9.70. The zero-order chi connectivity index (χ0) is 16.3. The van der Waals surface area contributed by atoms with E-state index < -0.39 is 7.32 Å². The number of unbranched alkanes of at least 4 members (excludes halogenated alkanes) is 15. The molecule has 0 radical (unpaired) electrons. The molecule has 0 aliphatic rings. The zero-order valence-electron chi connectivity index (χ0n) is 16.8. The van der Waals surface area contributed by atoms with Crippen molar-refractivity contribution in [2.75, 3.05) is 6.61 Å². The molecule has 0 aromatic heterocycles. The molecule has 0 rings (SSSR count). The molecule has 0 saturated carbocycles. The van der Waals surface area contributed by atoms with E-state index in [-0.39, 0.29) is 103 Å². The summed E-state index contributed by atoms with van der Waals surface area (Å²) < 4.78 is 4.45. The van der Waals surface area contributed by atoms with Gasteiger partial charge in [0.25, 0.3) is 0 Å². The van der Waals surface area contributed by atoms with Gasteiger partial charge >= 0.3 is 103 Å². The second-order valence-corrected chi connectivity index (χ2v) is 6.46. The average molecular weight is 390 g/mol. The first kappa shape index (κ1) is 31.9. The van der Waals surface area contributed by atoms with Crippen LogP contribution in [0.25, 0.3) is 0 Å². The second-order valence-electron chi connectivity index (χ2n) is 6.46. The standard InChI is InChI=1S/C18H37BO3.2K/c1-2-3-4-5-6-7-8-9-10-11-12-13-14-15-16-17-18-22-19(20)21;;/h2-18H2,1H3;;/q-2;2*+1. The smallest absolute Gasteiger partial charge is 0.871 e. The SMILES string of the molecule is CCCCCCCCCCCCCCCCCCOB([O-])[O-].[K+].[K+]. The molecule has 6 heteroatoms. The van der Waals surface area contributed by atoms with Gasteiger partial charge in [-0.2, -0.15) is 0 Å². The number of hydrogen-bond acceptors (Lipinski definition) is 3. The van der Waals surface area contributed by atoms with Crippen LogP contribution in [-0.4, -0.2) is 13.9 Å². The molecule has 0 fully saturated rings. The molecule has 0 amide bonds. The number of rotatable bonds is 18. The summed E-state index contributed by atoms with van der Waals surface area (Å²) >= 11 is 0. The molecule has 0 aromatic carbocycles. The van der Waals surface area contributed by atoms with Crippen molar-refractivity contribution in [2.45, 2.75) is 110 Å². The molecule has 0 spiro atoms. The first-order valence-corrected chi connectivity index (χ1v) is 9.70. The van der Waals surface area contributed by atoms with Crippen molar-refractivity contribution in [3.8, 4) is 0 Å². The van der Waals surface area contributed by atoms with E-state index in [1.165, 1.54) is 89.9 Å². The Kier molecular flexibility index (Phi) is 37.8. The minimum atomic E-state index is -2.10. The molecule has 0 aromatic rings. The molecule has 24 heavy (non-hydrogen) atoms. The number of hydrogen-bond donors (Lipinski definition) is 0. The Bertz CT molecular complexity index is 211. The molecule has 0 saturated heterocycles. The zero-order valence-corrected chi connectivity index (χ0v) is 23.1. The maximum atomic E-state index is 10.1. The van der Waals surface area contributed by atoms with E-state index >= 15 is 0 Å². The molecule has 0 aliphatic heterocycles. The van der Waals surface area contributed by atoms with E-state index in [1.807, 2.05) is 0 Å². The summed E-state index contributed by atoms with van der Waals surface area (Å²) in [6.45, 7) is 2.60. The van der Waals surface area contributed by atoms with Gasteiger partial charge in [0.1, 0.15) is 0 Å². The molecule has 0 unspecified atom stereocenters. The first-order chi connectivity index (χ1) is 10.8. The van der Waals surface area contributed by atoms with Crippen LogP contribution in [-0.2, 0) is 4.65 Å². The Morgan fingerprint density at radius 1 is 0.542 bits per heavy atom. The average Bonchev–Trinajstić information content (AvgIpc) is 2.50. The third-order valence-corrected chi connectivity index (χ3v) is 4.25. The Labute approximate surface area is 236 Å². The van der Waals surface area contributed by atoms with E-state index in [2.05, 4.69) is 11.6 Å². The third-order valence-electron chi connectivity index (χ3n) is 4.25. The fourth-order valence-electron chi connectivity index (χ4n) is 2.83. The van der Waals surface area contributed by atoms with Crippen molar-refractivity contribution in [2.24, 2.45) is 0 Å². The van der Waals surface area contributed by atoms with Gasteiger partial charge in [0.05, 0.1) is 7.32 Å². The summed E-state index contributed by atoms with van der Waals surface area (Å²) in [5.41, 5.74) is 0. The summed E-state index contributed by atoms with van der Waals surface area (Å²) in [5.74, 6) is 0. The van der Waals surface area contributed by atoms with Crippen molar-refractivity contribution in [1.29, 1.82) is 0 Å². The molecule has 0 bridgehead atoms. The molecule has 0 atom stereocenters. The van der Waals surface area contributed by atoms with Gasteiger partial charge in [0.2, 0.25) is 0 Å². The maximum absolute atomic E-state index is 10.1. The largest absolute Gasteiger partial charge is 1.00 e. The molecule has 3 nitrogen and oxygen atoms in total. The Morgan fingerprint density at radius 2 is 0.833 bits per heavy atom. The molecule has 0 aliphatic carbocycles. The minimum Gasteiger partial charge on any atom is -0.871 e. The van der Waals surface area contributed by atoms with Crippen LogP contribution < -0.4 is 113 Å². The van der Waals surface area contributed by atoms with Gasteiger partial charge in [-0.1, -0.05) is 103 Å². The summed E-state index contributed by atoms with van der Waals surface area (Å²) in [6.07, 6.45) is 21.2. The summed E-state index contributed by atoms with van der Waals surface area (Å²) in [4.78, 5) is 0. The minimum absolute atomic E-state index is 0. The van der Waals surface area contributed by atoms with Crippen LogP contribution in [0.3, 0.4) is 0 Å². The van der Waals surface area contributed by atoms with Gasteiger partial charge in [-0.25, -0.2) is 0 Å². The van der Waals surface area contributed by atoms with Crippen LogP contribution >= 0.6 is 0 Å². The fourth-order valence-corrected chi connectivity index (χ4v) is 2.83. The summed E-state index contributed by atoms with van der Waals surface area (Å²) in [5, 5.41) is 20.2. The molecule has 0 N–H and O–H groups in total. The van der Waals surface area contributed by atoms with Gasteiger partial charge in [-0.3, -0.25) is 0 Å². The Balaban J connectivity index is -0.00000220. The van der Waals surface area contributed by atoms with Crippen LogP contribution in [0.4, 0.5) is 0 Å². The summed E-state index contributed by atoms with van der Waals surface area (Å²) in [6, 6.07) is 0. The second kappa shape index (κ2) is 28.4. The topological polar surface area (TPSA) is 55.3 Å². The van der Waals surface area contributed by atoms with Crippen molar-refractivity contribution in [3.05, 3.63) is 0 Å². The van der Waals surface area contributed by atoms with Gasteiger partial charge in [0.15, 0.2) is 0 Å². The predicted molar refractivity (Wildman–Crippen MR) is 91.3 cm³/mol. The van der Waals surface area contributed by atoms with E-state index in [9.17, 15) is 10.0 Å². The fraction of sp³-hybridized carbons (Fsp3) is 1.00. The molecule has 132 valence electrons. The predicted octanol–water partition coefficient (Wildman–Crippen LogP) is -2.02. The maximum Gasteiger partial charge on any atom is 1.00 e. The normalized spacial score (nSPS) is 10.1. The Morgan fingerprint density at radius 3 is 1.12 bits per heavy atom. The monoisotopic (exact) mass is 390 g/mol. The van der Waals surface area contributed by atoms with Gasteiger partial charge in [-0.15, -0.1) is 0 Å². The van der Waals surface area contributed by atoms with Crippen LogP contribution in [0.1, 0.15) is 110 Å². The van der Waals surface area contributed by atoms with Crippen LogP contribution in [0.2, 0.25) is 0 Å². The van der Waals surface area contributed by atoms with Crippen LogP contribution in [0, 0.1) is 0 Å². The Hall–Kier alpha value is 3.22. The van der Waals surface area contributed by atoms with Crippen molar-refractivity contribution in [1.82, 2.24) is 0 Å². The van der Waals surface area contributed by atoms with Crippen molar-refractivity contribution >= 4 is 7.32 Å². The van der Waals surface area contributed by atoms with E-state index in [1.54, 1.807) is 0 Å². The van der Waals surface area contributed by atoms with Crippen LogP contribution in [0.5, 0.6) is 0 Å².